The van der Waals surface area contributed by atoms with Crippen molar-refractivity contribution in [2.75, 3.05) is 13.6 Å². The number of benzene rings is 1. The monoisotopic (exact) mass is 534 g/mol. The van der Waals surface area contributed by atoms with Crippen LogP contribution in [-0.4, -0.2) is 40.4 Å². The van der Waals surface area contributed by atoms with Crippen molar-refractivity contribution in [3.8, 4) is 0 Å². The SMILES string of the molecule is CCc1nc2n(n1)CC(NC(=NC)NCC(C)(C)c1ccc(F)cc1Cl)CC2.I. The molecule has 160 valence electrons. The van der Waals surface area contributed by atoms with E-state index < -0.39 is 0 Å². The van der Waals surface area contributed by atoms with Crippen LogP contribution < -0.4 is 10.6 Å². The summed E-state index contributed by atoms with van der Waals surface area (Å²) < 4.78 is 15.3. The summed E-state index contributed by atoms with van der Waals surface area (Å²) in [5.41, 5.74) is 0.611. The van der Waals surface area contributed by atoms with Crippen molar-refractivity contribution in [3.63, 3.8) is 0 Å². The first-order chi connectivity index (χ1) is 13.3. The molecule has 1 aromatic carbocycles. The molecule has 0 saturated carbocycles. The number of aromatic nitrogens is 3. The summed E-state index contributed by atoms with van der Waals surface area (Å²) in [4.78, 5) is 8.91. The first-order valence-corrected chi connectivity index (χ1v) is 10.1. The summed E-state index contributed by atoms with van der Waals surface area (Å²) in [6.45, 7) is 7.59. The van der Waals surface area contributed by atoms with E-state index in [1.807, 2.05) is 4.68 Å². The van der Waals surface area contributed by atoms with Gasteiger partial charge in [-0.05, 0) is 24.1 Å². The molecule has 0 spiro atoms. The van der Waals surface area contributed by atoms with Crippen molar-refractivity contribution in [2.45, 2.75) is 58.0 Å². The fraction of sp³-hybridized carbons (Fsp3) is 0.550. The van der Waals surface area contributed by atoms with Gasteiger partial charge in [0.2, 0.25) is 0 Å². The lowest BCUT2D eigenvalue weighted by molar-refractivity contribution is 0.390. The maximum atomic E-state index is 13.4. The van der Waals surface area contributed by atoms with Crippen LogP contribution in [0.15, 0.2) is 23.2 Å². The maximum absolute atomic E-state index is 13.4. The van der Waals surface area contributed by atoms with Gasteiger partial charge in [-0.3, -0.25) is 4.99 Å². The number of rotatable bonds is 5. The van der Waals surface area contributed by atoms with Gasteiger partial charge in [-0.2, -0.15) is 5.10 Å². The normalized spacial score (nSPS) is 16.8. The second-order valence-electron chi connectivity index (χ2n) is 7.79. The summed E-state index contributed by atoms with van der Waals surface area (Å²) in [6.07, 6.45) is 2.73. The molecule has 1 aromatic heterocycles. The van der Waals surface area contributed by atoms with Crippen LogP contribution in [-0.2, 0) is 24.8 Å². The molecule has 0 aliphatic carbocycles. The largest absolute Gasteiger partial charge is 0.356 e. The summed E-state index contributed by atoms with van der Waals surface area (Å²) in [6, 6.07) is 4.78. The van der Waals surface area contributed by atoms with E-state index in [9.17, 15) is 4.39 Å². The van der Waals surface area contributed by atoms with Crippen molar-refractivity contribution in [3.05, 3.63) is 46.3 Å². The van der Waals surface area contributed by atoms with E-state index in [2.05, 4.69) is 46.5 Å². The minimum atomic E-state index is -0.328. The Balaban J connectivity index is 0.00000300. The second kappa shape index (κ2) is 10.1. The molecule has 2 aromatic rings. The fourth-order valence-corrected chi connectivity index (χ4v) is 3.88. The Morgan fingerprint density at radius 1 is 1.41 bits per heavy atom. The highest BCUT2D eigenvalue weighted by Crippen LogP contribution is 2.29. The van der Waals surface area contributed by atoms with Gasteiger partial charge in [-0.15, -0.1) is 24.0 Å². The highest BCUT2D eigenvalue weighted by molar-refractivity contribution is 14.0. The number of fused-ring (bicyclic) bond motifs is 1. The van der Waals surface area contributed by atoms with E-state index in [1.165, 1.54) is 12.1 Å². The molecule has 0 amide bonds. The molecule has 0 fully saturated rings. The summed E-state index contributed by atoms with van der Waals surface area (Å²) >= 11 is 6.25. The quantitative estimate of drug-likeness (QED) is 0.349. The van der Waals surface area contributed by atoms with E-state index in [-0.39, 0.29) is 41.3 Å². The highest BCUT2D eigenvalue weighted by Gasteiger charge is 2.26. The second-order valence-corrected chi connectivity index (χ2v) is 8.20. The van der Waals surface area contributed by atoms with Gasteiger partial charge in [-0.25, -0.2) is 14.1 Å². The molecule has 0 saturated heterocycles. The average molecular weight is 535 g/mol. The molecule has 1 unspecified atom stereocenters. The Morgan fingerprint density at radius 2 is 2.17 bits per heavy atom. The number of nitrogens with zero attached hydrogens (tertiary/aromatic N) is 4. The van der Waals surface area contributed by atoms with Crippen molar-refractivity contribution in [1.82, 2.24) is 25.4 Å². The van der Waals surface area contributed by atoms with E-state index in [1.54, 1.807) is 13.1 Å². The first kappa shape index (κ1) is 23.9. The molecule has 6 nitrogen and oxygen atoms in total. The zero-order valence-corrected chi connectivity index (χ0v) is 20.4. The zero-order valence-electron chi connectivity index (χ0n) is 17.3. The van der Waals surface area contributed by atoms with Gasteiger partial charge in [0.25, 0.3) is 0 Å². The van der Waals surface area contributed by atoms with Crippen LogP contribution in [0.1, 0.15) is 44.4 Å². The fourth-order valence-electron chi connectivity index (χ4n) is 3.45. The summed E-state index contributed by atoms with van der Waals surface area (Å²) in [5.74, 6) is 2.36. The van der Waals surface area contributed by atoms with Crippen LogP contribution in [0.2, 0.25) is 5.02 Å². The smallest absolute Gasteiger partial charge is 0.191 e. The predicted molar refractivity (Wildman–Crippen MR) is 126 cm³/mol. The third-order valence-corrected chi connectivity index (χ3v) is 5.45. The Hall–Kier alpha value is -1.42. The minimum Gasteiger partial charge on any atom is -0.356 e. The molecule has 2 heterocycles. The third-order valence-electron chi connectivity index (χ3n) is 5.14. The van der Waals surface area contributed by atoms with Crippen LogP contribution in [0.4, 0.5) is 4.39 Å². The Labute approximate surface area is 193 Å². The molecule has 3 rings (SSSR count). The van der Waals surface area contributed by atoms with Crippen LogP contribution in [0.25, 0.3) is 0 Å². The van der Waals surface area contributed by atoms with Gasteiger partial charge in [0.05, 0.1) is 6.54 Å². The van der Waals surface area contributed by atoms with E-state index in [4.69, 9.17) is 11.6 Å². The van der Waals surface area contributed by atoms with Crippen LogP contribution in [0.5, 0.6) is 0 Å². The number of aryl methyl sites for hydroxylation is 2. The number of hydrogen-bond acceptors (Lipinski definition) is 3. The molecule has 2 N–H and O–H groups in total. The van der Waals surface area contributed by atoms with Gasteiger partial charge < -0.3 is 10.6 Å². The summed E-state index contributed by atoms with van der Waals surface area (Å²) in [7, 11) is 1.76. The number of halogens is 3. The lowest BCUT2D eigenvalue weighted by Crippen LogP contribution is -2.49. The Bertz CT molecular complexity index is 867. The number of hydrogen-bond donors (Lipinski definition) is 2. The van der Waals surface area contributed by atoms with Gasteiger partial charge in [0.1, 0.15) is 11.6 Å². The summed E-state index contributed by atoms with van der Waals surface area (Å²) in [5, 5.41) is 11.8. The standard InChI is InChI=1S/C20H28ClFN6.HI/c1-5-17-26-18-9-7-14(11-28(18)27-17)25-19(23-4)24-12-20(2,3)15-8-6-13(22)10-16(15)21;/h6,8,10,14H,5,7,9,11-12H2,1-4H3,(H2,23,24,25);1H. The van der Waals surface area contributed by atoms with Gasteiger partial charge in [-0.1, -0.05) is 38.4 Å². The van der Waals surface area contributed by atoms with Crippen molar-refractivity contribution in [1.29, 1.82) is 0 Å². The predicted octanol–water partition coefficient (Wildman–Crippen LogP) is 3.71. The lowest BCUT2D eigenvalue weighted by atomic mass is 9.84. The van der Waals surface area contributed by atoms with Gasteiger partial charge in [0, 0.05) is 42.9 Å². The Morgan fingerprint density at radius 3 is 2.83 bits per heavy atom. The topological polar surface area (TPSA) is 67.1 Å². The average Bonchev–Trinajstić information content (AvgIpc) is 3.07. The number of nitrogens with one attached hydrogen (secondary N) is 2. The van der Waals surface area contributed by atoms with Crippen molar-refractivity contribution < 1.29 is 4.39 Å². The highest BCUT2D eigenvalue weighted by atomic mass is 127. The van der Waals surface area contributed by atoms with Gasteiger partial charge in [0.15, 0.2) is 11.8 Å². The molecule has 0 radical (unpaired) electrons. The number of aliphatic imine (C=N–C) groups is 1. The molecular formula is C20H29ClFIN6. The zero-order chi connectivity index (χ0) is 20.3. The van der Waals surface area contributed by atoms with E-state index in [0.29, 0.717) is 11.6 Å². The number of guanidine groups is 1. The molecule has 0 bridgehead atoms. The first-order valence-electron chi connectivity index (χ1n) is 9.67. The molecular weight excluding hydrogens is 506 g/mol. The minimum absolute atomic E-state index is 0. The molecule has 1 atom stereocenters. The van der Waals surface area contributed by atoms with Crippen molar-refractivity contribution in [2.24, 2.45) is 4.99 Å². The van der Waals surface area contributed by atoms with Crippen LogP contribution in [0, 0.1) is 5.82 Å². The van der Waals surface area contributed by atoms with Crippen molar-refractivity contribution >= 4 is 41.5 Å². The van der Waals surface area contributed by atoms with Crippen LogP contribution in [0.3, 0.4) is 0 Å². The maximum Gasteiger partial charge on any atom is 0.191 e. The lowest BCUT2D eigenvalue weighted by Gasteiger charge is -2.30. The molecule has 29 heavy (non-hydrogen) atoms. The third kappa shape index (κ3) is 5.81. The molecule has 9 heteroatoms. The van der Waals surface area contributed by atoms with E-state index in [0.717, 1.165) is 49.0 Å². The van der Waals surface area contributed by atoms with Crippen LogP contribution >= 0.6 is 35.6 Å². The van der Waals surface area contributed by atoms with Gasteiger partial charge >= 0.3 is 0 Å². The molecule has 1 aliphatic rings. The Kier molecular flexibility index (Phi) is 8.28. The van der Waals surface area contributed by atoms with E-state index >= 15 is 0 Å². The molecule has 1 aliphatic heterocycles.